The van der Waals surface area contributed by atoms with Gasteiger partial charge in [-0.1, -0.05) is 23.8 Å². The first-order chi connectivity index (χ1) is 8.99. The van der Waals surface area contributed by atoms with Crippen molar-refractivity contribution in [2.45, 2.75) is 20.0 Å². The first-order valence-electron chi connectivity index (χ1n) is 6.39. The van der Waals surface area contributed by atoms with Gasteiger partial charge in [-0.2, -0.15) is 0 Å². The predicted octanol–water partition coefficient (Wildman–Crippen LogP) is 1.11. The average molecular weight is 280 g/mol. The molecule has 0 radical (unpaired) electrons. The van der Waals surface area contributed by atoms with E-state index in [-0.39, 0.29) is 12.1 Å². The van der Waals surface area contributed by atoms with Crippen LogP contribution in [-0.2, 0) is 15.6 Å². The Labute approximate surface area is 116 Å². The molecule has 1 heterocycles. The van der Waals surface area contributed by atoms with Crippen molar-refractivity contribution in [2.24, 2.45) is 0 Å². The summed E-state index contributed by atoms with van der Waals surface area (Å²) in [6, 6.07) is 6.26. The van der Waals surface area contributed by atoms with Gasteiger partial charge in [0, 0.05) is 29.4 Å². The number of hydrogen-bond donors (Lipinski definition) is 1. The molecular formula is C14H20N2O2S. The molecule has 104 valence electrons. The van der Waals surface area contributed by atoms with Crippen LogP contribution in [0.1, 0.15) is 22.9 Å². The van der Waals surface area contributed by atoms with E-state index in [4.69, 9.17) is 0 Å². The minimum Gasteiger partial charge on any atom is -0.321 e. The zero-order valence-corrected chi connectivity index (χ0v) is 12.4. The van der Waals surface area contributed by atoms with Crippen molar-refractivity contribution < 1.29 is 9.00 Å². The van der Waals surface area contributed by atoms with E-state index in [9.17, 15) is 9.00 Å². The largest absolute Gasteiger partial charge is 0.321 e. The SMILES string of the molecule is Cc1ccc(C)c(C2NCC(=O)N2CCS(C)=O)c1. The fraction of sp³-hybridized carbons (Fsp3) is 0.500. The van der Waals surface area contributed by atoms with Gasteiger partial charge in [-0.25, -0.2) is 0 Å². The molecule has 0 aliphatic carbocycles. The summed E-state index contributed by atoms with van der Waals surface area (Å²) in [5.74, 6) is 0.603. The summed E-state index contributed by atoms with van der Waals surface area (Å²) in [5, 5.41) is 3.24. The van der Waals surface area contributed by atoms with Crippen molar-refractivity contribution in [1.82, 2.24) is 10.2 Å². The van der Waals surface area contributed by atoms with Gasteiger partial charge in [-0.3, -0.25) is 14.3 Å². The second-order valence-corrected chi connectivity index (χ2v) is 6.56. The van der Waals surface area contributed by atoms with Crippen molar-refractivity contribution >= 4 is 16.7 Å². The highest BCUT2D eigenvalue weighted by Crippen LogP contribution is 2.25. The number of benzene rings is 1. The zero-order valence-electron chi connectivity index (χ0n) is 11.6. The summed E-state index contributed by atoms with van der Waals surface area (Å²) >= 11 is 0. The van der Waals surface area contributed by atoms with E-state index in [1.807, 2.05) is 6.92 Å². The molecule has 2 atom stereocenters. The molecule has 1 aliphatic heterocycles. The molecule has 0 saturated carbocycles. The molecule has 1 N–H and O–H groups in total. The number of nitrogens with zero attached hydrogens (tertiary/aromatic N) is 1. The summed E-state index contributed by atoms with van der Waals surface area (Å²) in [6.07, 6.45) is 1.58. The van der Waals surface area contributed by atoms with Crippen molar-refractivity contribution in [3.63, 3.8) is 0 Å². The lowest BCUT2D eigenvalue weighted by Gasteiger charge is -2.26. The van der Waals surface area contributed by atoms with E-state index in [0.29, 0.717) is 18.8 Å². The van der Waals surface area contributed by atoms with Crippen LogP contribution >= 0.6 is 0 Å². The van der Waals surface area contributed by atoms with Crippen molar-refractivity contribution in [3.8, 4) is 0 Å². The van der Waals surface area contributed by atoms with Gasteiger partial charge < -0.3 is 4.90 Å². The Morgan fingerprint density at radius 3 is 2.84 bits per heavy atom. The van der Waals surface area contributed by atoms with Crippen LogP contribution in [0.4, 0.5) is 0 Å². The van der Waals surface area contributed by atoms with E-state index in [2.05, 4.69) is 30.4 Å². The average Bonchev–Trinajstić information content (AvgIpc) is 2.71. The Morgan fingerprint density at radius 1 is 1.42 bits per heavy atom. The monoisotopic (exact) mass is 280 g/mol. The number of nitrogens with one attached hydrogen (secondary N) is 1. The van der Waals surface area contributed by atoms with Crippen molar-refractivity contribution in [2.75, 3.05) is 25.1 Å². The van der Waals surface area contributed by atoms with Gasteiger partial charge in [0.25, 0.3) is 0 Å². The topological polar surface area (TPSA) is 49.4 Å². The van der Waals surface area contributed by atoms with E-state index in [1.54, 1.807) is 11.2 Å². The molecule has 0 spiro atoms. The van der Waals surface area contributed by atoms with Crippen molar-refractivity contribution in [1.29, 1.82) is 0 Å². The van der Waals surface area contributed by atoms with Gasteiger partial charge >= 0.3 is 0 Å². The smallest absolute Gasteiger partial charge is 0.238 e. The molecule has 0 aromatic heterocycles. The molecular weight excluding hydrogens is 260 g/mol. The van der Waals surface area contributed by atoms with Gasteiger partial charge in [0.15, 0.2) is 0 Å². The number of amides is 1. The molecule has 2 rings (SSSR count). The first-order valence-corrected chi connectivity index (χ1v) is 8.12. The zero-order chi connectivity index (χ0) is 14.0. The van der Waals surface area contributed by atoms with E-state index in [0.717, 1.165) is 5.56 Å². The third kappa shape index (κ3) is 3.22. The predicted molar refractivity (Wildman–Crippen MR) is 77.3 cm³/mol. The molecule has 1 aromatic carbocycles. The Hall–Kier alpha value is -1.20. The maximum atomic E-state index is 11.9. The maximum absolute atomic E-state index is 11.9. The molecule has 4 nitrogen and oxygen atoms in total. The fourth-order valence-electron chi connectivity index (χ4n) is 2.35. The summed E-state index contributed by atoms with van der Waals surface area (Å²) in [6.45, 7) is 4.99. The molecule has 5 heteroatoms. The van der Waals surface area contributed by atoms with Gasteiger partial charge in [-0.15, -0.1) is 0 Å². The van der Waals surface area contributed by atoms with Gasteiger partial charge in [0.1, 0.15) is 6.17 Å². The summed E-state index contributed by atoms with van der Waals surface area (Å²) < 4.78 is 11.2. The highest BCUT2D eigenvalue weighted by molar-refractivity contribution is 7.84. The van der Waals surface area contributed by atoms with Gasteiger partial charge in [0.05, 0.1) is 6.54 Å². The second kappa shape index (κ2) is 5.84. The van der Waals surface area contributed by atoms with Crippen LogP contribution in [0, 0.1) is 13.8 Å². The lowest BCUT2D eigenvalue weighted by Crippen LogP contribution is -2.34. The summed E-state index contributed by atoms with van der Waals surface area (Å²) in [5.41, 5.74) is 3.48. The van der Waals surface area contributed by atoms with Crippen LogP contribution in [-0.4, -0.2) is 40.1 Å². The van der Waals surface area contributed by atoms with Crippen LogP contribution in [0.3, 0.4) is 0 Å². The Bertz CT molecular complexity index is 516. The maximum Gasteiger partial charge on any atom is 0.238 e. The van der Waals surface area contributed by atoms with Gasteiger partial charge in [0.2, 0.25) is 5.91 Å². The molecule has 2 unspecified atom stereocenters. The molecule has 1 aliphatic rings. The Kier molecular flexibility index (Phi) is 4.37. The van der Waals surface area contributed by atoms with Crippen molar-refractivity contribution in [3.05, 3.63) is 34.9 Å². The van der Waals surface area contributed by atoms with Crippen LogP contribution in [0.25, 0.3) is 0 Å². The lowest BCUT2D eigenvalue weighted by atomic mass is 10.0. The highest BCUT2D eigenvalue weighted by Gasteiger charge is 2.32. The normalized spacial score (nSPS) is 20.9. The van der Waals surface area contributed by atoms with Crippen LogP contribution < -0.4 is 5.32 Å². The molecule has 1 amide bonds. The van der Waals surface area contributed by atoms with E-state index in [1.165, 1.54) is 11.1 Å². The first kappa shape index (κ1) is 14.2. The lowest BCUT2D eigenvalue weighted by molar-refractivity contribution is -0.127. The quantitative estimate of drug-likeness (QED) is 0.899. The standard InChI is InChI=1S/C14H20N2O2S/c1-10-4-5-11(2)12(8-10)14-15-9-13(17)16(14)6-7-19(3)18/h4-5,8,14-15H,6-7,9H2,1-3H3. The van der Waals surface area contributed by atoms with E-state index < -0.39 is 10.8 Å². The molecule has 19 heavy (non-hydrogen) atoms. The van der Waals surface area contributed by atoms with Gasteiger partial charge in [-0.05, 0) is 25.0 Å². The summed E-state index contributed by atoms with van der Waals surface area (Å²) in [7, 11) is -0.879. The van der Waals surface area contributed by atoms with Crippen LogP contribution in [0.2, 0.25) is 0 Å². The van der Waals surface area contributed by atoms with Crippen LogP contribution in [0.15, 0.2) is 18.2 Å². The molecule has 1 aromatic rings. The Balaban J connectivity index is 2.24. The number of aryl methyl sites for hydroxylation is 2. The third-order valence-corrected chi connectivity index (χ3v) is 4.19. The summed E-state index contributed by atoms with van der Waals surface area (Å²) in [4.78, 5) is 13.7. The molecule has 0 bridgehead atoms. The third-order valence-electron chi connectivity index (χ3n) is 3.43. The second-order valence-electron chi connectivity index (χ2n) is 5.01. The fourth-order valence-corrected chi connectivity index (χ4v) is 2.81. The number of hydrogen-bond acceptors (Lipinski definition) is 3. The Morgan fingerprint density at radius 2 is 2.16 bits per heavy atom. The van der Waals surface area contributed by atoms with Crippen LogP contribution in [0.5, 0.6) is 0 Å². The molecule has 1 fully saturated rings. The number of carbonyl (C=O) groups excluding carboxylic acids is 1. The van der Waals surface area contributed by atoms with E-state index >= 15 is 0 Å². The highest BCUT2D eigenvalue weighted by atomic mass is 32.2. The minimum atomic E-state index is -0.879. The molecule has 1 saturated heterocycles. The minimum absolute atomic E-state index is 0.0800. The number of rotatable bonds is 4. The number of carbonyl (C=O) groups is 1.